The lowest BCUT2D eigenvalue weighted by Crippen LogP contribution is -2.59. The molecule has 180 valence electrons. The molecule has 5 aliphatic rings. The van der Waals surface area contributed by atoms with E-state index >= 15 is 0 Å². The quantitative estimate of drug-likeness (QED) is 0.475. The third kappa shape index (κ3) is 3.49. The number of hydrogen-bond donors (Lipinski definition) is 3. The van der Waals surface area contributed by atoms with E-state index in [9.17, 15) is 9.59 Å². The zero-order valence-electron chi connectivity index (χ0n) is 19.6. The van der Waals surface area contributed by atoms with Gasteiger partial charge in [0.2, 0.25) is 0 Å². The van der Waals surface area contributed by atoms with Gasteiger partial charge in [-0.05, 0) is 81.6 Å². The summed E-state index contributed by atoms with van der Waals surface area (Å²) in [5.74, 6) is 1.51. The molecule has 4 bridgehead atoms. The molecule has 1 amide bonds. The Labute approximate surface area is 208 Å². The normalized spacial score (nSPS) is 31.2. The number of hydrogen-bond acceptors (Lipinski definition) is 7. The highest BCUT2D eigenvalue weighted by molar-refractivity contribution is 7.19. The van der Waals surface area contributed by atoms with E-state index in [1.54, 1.807) is 11.3 Å². The lowest BCUT2D eigenvalue weighted by atomic mass is 9.53. The average molecular weight is 498 g/mol. The van der Waals surface area contributed by atoms with E-state index in [0.29, 0.717) is 22.7 Å². The number of allylic oxidation sites excluding steroid dienone is 1. The zero-order chi connectivity index (χ0) is 23.6. The fourth-order valence-electron chi connectivity index (χ4n) is 7.38. The molecule has 1 unspecified atom stereocenters. The first-order chi connectivity index (χ1) is 16.4. The van der Waals surface area contributed by atoms with Crippen LogP contribution in [0.5, 0.6) is 0 Å². The summed E-state index contributed by atoms with van der Waals surface area (Å²) in [4.78, 5) is 28.2. The third-order valence-corrected chi connectivity index (χ3v) is 10.3. The Morgan fingerprint density at radius 2 is 1.88 bits per heavy atom. The van der Waals surface area contributed by atoms with Crippen molar-refractivity contribution in [1.29, 1.82) is 0 Å². The van der Waals surface area contributed by atoms with E-state index in [1.807, 2.05) is 31.4 Å². The van der Waals surface area contributed by atoms with Crippen LogP contribution in [0.4, 0.5) is 10.7 Å². The van der Waals surface area contributed by atoms with E-state index < -0.39 is 0 Å². The molecule has 4 N–H and O–H groups in total. The molecule has 4 fully saturated rings. The molecule has 6 nitrogen and oxygen atoms in total. The summed E-state index contributed by atoms with van der Waals surface area (Å²) in [5.41, 5.74) is 9.24. The van der Waals surface area contributed by atoms with Crippen molar-refractivity contribution in [1.82, 2.24) is 5.32 Å². The Kier molecular flexibility index (Phi) is 5.30. The standard InChI is InChI=1S/C26H31N3O3S2/c1-3-32-25(31)18-13(2)28-24-20(19(18)17-5-4-6-33-17)21(27)22(34-24)23(30)29-26-10-14-7-15(11-26)9-16(8-14)12-26/h4-6,14-16,19,28H,3,7-12,27H2,1-2H3,(H,29,30). The Hall–Kier alpha value is -2.32. The number of nitrogens with one attached hydrogen (secondary N) is 2. The van der Waals surface area contributed by atoms with Crippen LogP contribution in [-0.4, -0.2) is 24.0 Å². The predicted molar refractivity (Wildman–Crippen MR) is 136 cm³/mol. The number of ether oxygens (including phenoxy) is 1. The first kappa shape index (κ1) is 22.2. The lowest BCUT2D eigenvalue weighted by Gasteiger charge is -2.56. The molecular formula is C26H31N3O3S2. The molecule has 0 radical (unpaired) electrons. The molecule has 1 aliphatic heterocycles. The van der Waals surface area contributed by atoms with Gasteiger partial charge in [-0.3, -0.25) is 4.79 Å². The molecular weight excluding hydrogens is 466 g/mol. The minimum Gasteiger partial charge on any atom is -0.463 e. The van der Waals surface area contributed by atoms with E-state index in [1.165, 1.54) is 30.6 Å². The van der Waals surface area contributed by atoms with Gasteiger partial charge in [-0.1, -0.05) is 6.07 Å². The van der Waals surface area contributed by atoms with Crippen LogP contribution in [0.1, 0.15) is 78.4 Å². The summed E-state index contributed by atoms with van der Waals surface area (Å²) in [6.07, 6.45) is 7.29. The topological polar surface area (TPSA) is 93.4 Å². The van der Waals surface area contributed by atoms with Crippen molar-refractivity contribution in [3.05, 3.63) is 44.1 Å². The molecule has 4 aliphatic carbocycles. The van der Waals surface area contributed by atoms with Crippen LogP contribution < -0.4 is 16.4 Å². The number of carbonyl (C=O) groups excluding carboxylic acids is 2. The second-order valence-corrected chi connectivity index (χ2v) is 12.6. The molecule has 2 aromatic rings. The van der Waals surface area contributed by atoms with Crippen molar-refractivity contribution in [2.45, 2.75) is 63.8 Å². The molecule has 34 heavy (non-hydrogen) atoms. The molecule has 0 spiro atoms. The van der Waals surface area contributed by atoms with Gasteiger partial charge in [0.25, 0.3) is 5.91 Å². The number of thiophene rings is 2. The van der Waals surface area contributed by atoms with Crippen molar-refractivity contribution in [3.8, 4) is 0 Å². The fraction of sp³-hybridized carbons (Fsp3) is 0.538. The van der Waals surface area contributed by atoms with Crippen LogP contribution in [-0.2, 0) is 9.53 Å². The van der Waals surface area contributed by atoms with Crippen LogP contribution in [0.25, 0.3) is 0 Å². The second-order valence-electron chi connectivity index (χ2n) is 10.6. The summed E-state index contributed by atoms with van der Waals surface area (Å²) >= 11 is 2.98. The SMILES string of the molecule is CCOC(=O)C1=C(C)Nc2sc(C(=O)NC34CC5CC(CC(C5)C3)C4)c(N)c2C1c1cccs1. The van der Waals surface area contributed by atoms with Crippen LogP contribution in [0.15, 0.2) is 28.8 Å². The maximum atomic E-state index is 13.6. The minimum absolute atomic E-state index is 0.0686. The van der Waals surface area contributed by atoms with Crippen molar-refractivity contribution in [2.24, 2.45) is 17.8 Å². The lowest BCUT2D eigenvalue weighted by molar-refractivity contribution is -0.138. The van der Waals surface area contributed by atoms with Gasteiger partial charge in [-0.2, -0.15) is 0 Å². The maximum Gasteiger partial charge on any atom is 0.336 e. The highest BCUT2D eigenvalue weighted by atomic mass is 32.1. The first-order valence-electron chi connectivity index (χ1n) is 12.3. The van der Waals surface area contributed by atoms with E-state index in [0.717, 1.165) is 58.2 Å². The summed E-state index contributed by atoms with van der Waals surface area (Å²) in [7, 11) is 0. The van der Waals surface area contributed by atoms with Crippen molar-refractivity contribution < 1.29 is 14.3 Å². The van der Waals surface area contributed by atoms with E-state index in [4.69, 9.17) is 10.5 Å². The Morgan fingerprint density at radius 3 is 2.47 bits per heavy atom. The predicted octanol–water partition coefficient (Wildman–Crippen LogP) is 5.48. The van der Waals surface area contributed by atoms with Gasteiger partial charge in [-0.25, -0.2) is 4.79 Å². The van der Waals surface area contributed by atoms with Crippen molar-refractivity contribution in [2.75, 3.05) is 17.7 Å². The summed E-state index contributed by atoms with van der Waals surface area (Å²) < 4.78 is 5.40. The van der Waals surface area contributed by atoms with Crippen molar-refractivity contribution in [3.63, 3.8) is 0 Å². The van der Waals surface area contributed by atoms with Crippen LogP contribution in [0.2, 0.25) is 0 Å². The van der Waals surface area contributed by atoms with E-state index in [-0.39, 0.29) is 23.3 Å². The molecule has 1 atom stereocenters. The molecule has 0 saturated heterocycles. The van der Waals surface area contributed by atoms with Gasteiger partial charge in [0.15, 0.2) is 0 Å². The number of nitrogen functional groups attached to an aromatic ring is 1. The number of carbonyl (C=O) groups is 2. The van der Waals surface area contributed by atoms with Gasteiger partial charge >= 0.3 is 5.97 Å². The van der Waals surface area contributed by atoms with Crippen LogP contribution in [0, 0.1) is 17.8 Å². The number of anilines is 2. The molecule has 8 heteroatoms. The zero-order valence-corrected chi connectivity index (χ0v) is 21.2. The maximum absolute atomic E-state index is 13.6. The Morgan fingerprint density at radius 1 is 1.21 bits per heavy atom. The number of rotatable bonds is 5. The third-order valence-electron chi connectivity index (χ3n) is 8.21. The van der Waals surface area contributed by atoms with Gasteiger partial charge in [0.05, 0.1) is 28.8 Å². The molecule has 0 aromatic carbocycles. The largest absolute Gasteiger partial charge is 0.463 e. The highest BCUT2D eigenvalue weighted by Gasteiger charge is 2.52. The van der Waals surface area contributed by atoms with E-state index in [2.05, 4.69) is 10.6 Å². The molecule has 3 heterocycles. The smallest absolute Gasteiger partial charge is 0.336 e. The Balaban J connectivity index is 1.35. The minimum atomic E-state index is -0.346. The molecule has 4 saturated carbocycles. The van der Waals surface area contributed by atoms with Crippen molar-refractivity contribution >= 4 is 45.2 Å². The number of esters is 1. The molecule has 7 rings (SSSR count). The van der Waals surface area contributed by atoms with Crippen LogP contribution >= 0.6 is 22.7 Å². The summed E-state index contributed by atoms with van der Waals surface area (Å²) in [6, 6.07) is 3.99. The number of amides is 1. The first-order valence-corrected chi connectivity index (χ1v) is 14.0. The Bertz CT molecular complexity index is 1140. The number of nitrogens with two attached hydrogens (primary N) is 1. The van der Waals surface area contributed by atoms with Gasteiger partial charge in [0.1, 0.15) is 4.88 Å². The number of fused-ring (bicyclic) bond motifs is 1. The monoisotopic (exact) mass is 497 g/mol. The fourth-order valence-corrected chi connectivity index (χ4v) is 9.34. The highest BCUT2D eigenvalue weighted by Crippen LogP contribution is 2.56. The molecule has 2 aromatic heterocycles. The van der Waals surface area contributed by atoms with Gasteiger partial charge in [-0.15, -0.1) is 22.7 Å². The second kappa shape index (κ2) is 8.12. The van der Waals surface area contributed by atoms with Gasteiger partial charge in [0, 0.05) is 21.7 Å². The van der Waals surface area contributed by atoms with Crippen LogP contribution in [0.3, 0.4) is 0 Å². The summed E-state index contributed by atoms with van der Waals surface area (Å²) in [6.45, 7) is 4.00. The van der Waals surface area contributed by atoms with Gasteiger partial charge < -0.3 is 21.1 Å². The average Bonchev–Trinajstić information content (AvgIpc) is 3.40. The summed E-state index contributed by atoms with van der Waals surface area (Å²) in [5, 5.41) is 9.67.